The second-order valence-corrected chi connectivity index (χ2v) is 8.32. The summed E-state index contributed by atoms with van der Waals surface area (Å²) in [4.78, 5) is 13.4. The van der Waals surface area contributed by atoms with Gasteiger partial charge in [0.1, 0.15) is 5.82 Å². The number of nitrogens with one attached hydrogen (secondary N) is 1. The Kier molecular flexibility index (Phi) is 4.75. The molecule has 0 saturated heterocycles. The molecule has 1 aliphatic carbocycles. The van der Waals surface area contributed by atoms with E-state index in [1.165, 1.54) is 12.1 Å². The third-order valence-electron chi connectivity index (χ3n) is 5.55. The van der Waals surface area contributed by atoms with Crippen LogP contribution in [0, 0.1) is 5.82 Å². The van der Waals surface area contributed by atoms with Crippen molar-refractivity contribution in [2.24, 2.45) is 0 Å². The molecule has 0 radical (unpaired) electrons. The SMILES string of the molecule is O=c1c2c([nH]n1-c1ccccc1)C=C(c1ccc(F)cc1)CC2c1ccc(Br)cc1. The molecule has 5 heteroatoms. The number of hydrogen-bond acceptors (Lipinski definition) is 1. The molecule has 30 heavy (non-hydrogen) atoms. The van der Waals surface area contributed by atoms with Crippen molar-refractivity contribution in [3.63, 3.8) is 0 Å². The van der Waals surface area contributed by atoms with E-state index in [4.69, 9.17) is 0 Å². The number of aromatic nitrogens is 2. The van der Waals surface area contributed by atoms with Crippen molar-refractivity contribution >= 4 is 27.6 Å². The highest BCUT2D eigenvalue weighted by Crippen LogP contribution is 2.40. The summed E-state index contributed by atoms with van der Waals surface area (Å²) in [7, 11) is 0. The molecule has 1 unspecified atom stereocenters. The van der Waals surface area contributed by atoms with E-state index in [0.29, 0.717) is 6.42 Å². The van der Waals surface area contributed by atoms with Gasteiger partial charge >= 0.3 is 0 Å². The highest BCUT2D eigenvalue weighted by molar-refractivity contribution is 9.10. The Morgan fingerprint density at radius 3 is 2.33 bits per heavy atom. The van der Waals surface area contributed by atoms with Crippen LogP contribution in [-0.2, 0) is 0 Å². The number of fused-ring (bicyclic) bond motifs is 1. The summed E-state index contributed by atoms with van der Waals surface area (Å²) < 4.78 is 16.0. The van der Waals surface area contributed by atoms with E-state index >= 15 is 0 Å². The molecule has 3 nitrogen and oxygen atoms in total. The summed E-state index contributed by atoms with van der Waals surface area (Å²) in [5.74, 6) is -0.351. The zero-order valence-corrected chi connectivity index (χ0v) is 17.6. The topological polar surface area (TPSA) is 37.8 Å². The first kappa shape index (κ1) is 18.8. The molecule has 1 atom stereocenters. The van der Waals surface area contributed by atoms with E-state index in [1.54, 1.807) is 16.8 Å². The zero-order valence-electron chi connectivity index (χ0n) is 16.0. The van der Waals surface area contributed by atoms with Crippen LogP contribution in [0.4, 0.5) is 4.39 Å². The summed E-state index contributed by atoms with van der Waals surface area (Å²) in [5.41, 5.74) is 5.40. The van der Waals surface area contributed by atoms with Crippen LogP contribution in [0.3, 0.4) is 0 Å². The highest BCUT2D eigenvalue weighted by Gasteiger charge is 2.29. The van der Waals surface area contributed by atoms with Crippen molar-refractivity contribution in [2.75, 3.05) is 0 Å². The van der Waals surface area contributed by atoms with Crippen LogP contribution in [0.15, 0.2) is 88.1 Å². The van der Waals surface area contributed by atoms with Crippen LogP contribution in [0.5, 0.6) is 0 Å². The van der Waals surface area contributed by atoms with E-state index in [-0.39, 0.29) is 17.3 Å². The van der Waals surface area contributed by atoms with Gasteiger partial charge in [-0.1, -0.05) is 58.4 Å². The minimum absolute atomic E-state index is 0.0430. The molecule has 0 aliphatic heterocycles. The number of allylic oxidation sites excluding steroid dienone is 1. The van der Waals surface area contributed by atoms with Crippen molar-refractivity contribution < 1.29 is 4.39 Å². The van der Waals surface area contributed by atoms with Gasteiger partial charge in [0.15, 0.2) is 0 Å². The number of benzene rings is 3. The fourth-order valence-electron chi connectivity index (χ4n) is 4.07. The Hall–Kier alpha value is -3.18. The molecule has 4 aromatic rings. The lowest BCUT2D eigenvalue weighted by Crippen LogP contribution is -2.21. The number of rotatable bonds is 3. The van der Waals surface area contributed by atoms with Crippen LogP contribution in [0.25, 0.3) is 17.3 Å². The third-order valence-corrected chi connectivity index (χ3v) is 6.08. The van der Waals surface area contributed by atoms with Gasteiger partial charge in [0, 0.05) is 10.4 Å². The molecule has 1 N–H and O–H groups in total. The van der Waals surface area contributed by atoms with Crippen LogP contribution in [0.1, 0.15) is 34.7 Å². The Bertz CT molecular complexity index is 1290. The molecule has 1 heterocycles. The average molecular weight is 461 g/mol. The maximum absolute atomic E-state index is 13.4. The smallest absolute Gasteiger partial charge is 0.275 e. The molecule has 3 aromatic carbocycles. The predicted octanol–water partition coefficient (Wildman–Crippen LogP) is 6.14. The predicted molar refractivity (Wildman–Crippen MR) is 121 cm³/mol. The van der Waals surface area contributed by atoms with E-state index in [0.717, 1.165) is 38.1 Å². The third kappa shape index (κ3) is 3.35. The second kappa shape index (κ2) is 7.58. The summed E-state index contributed by atoms with van der Waals surface area (Å²) >= 11 is 3.49. The molecular formula is C25H18BrFN2O. The number of H-pyrrole nitrogens is 1. The Balaban J connectivity index is 1.69. The number of hydrogen-bond donors (Lipinski definition) is 1. The fourth-order valence-corrected chi connectivity index (χ4v) is 4.34. The molecule has 1 aromatic heterocycles. The van der Waals surface area contributed by atoms with Crippen molar-refractivity contribution in [3.05, 3.63) is 122 Å². The standard InChI is InChI=1S/C25H18BrFN2O/c26-19-10-6-17(7-11-19)22-14-18(16-8-12-20(27)13-9-16)15-23-24(22)25(30)29(28-23)21-4-2-1-3-5-21/h1-13,15,22,28H,14H2. The molecule has 0 spiro atoms. The zero-order chi connectivity index (χ0) is 20.7. The van der Waals surface area contributed by atoms with Crippen molar-refractivity contribution in [3.8, 4) is 5.69 Å². The Morgan fingerprint density at radius 2 is 1.63 bits per heavy atom. The van der Waals surface area contributed by atoms with Gasteiger partial charge in [0.25, 0.3) is 5.56 Å². The van der Waals surface area contributed by atoms with E-state index in [2.05, 4.69) is 21.0 Å². The van der Waals surface area contributed by atoms with E-state index in [9.17, 15) is 9.18 Å². The first-order valence-corrected chi connectivity index (χ1v) is 10.5. The van der Waals surface area contributed by atoms with Gasteiger partial charge in [-0.05, 0) is 65.6 Å². The van der Waals surface area contributed by atoms with Crippen molar-refractivity contribution in [2.45, 2.75) is 12.3 Å². The summed E-state index contributed by atoms with van der Waals surface area (Å²) in [6.45, 7) is 0. The summed E-state index contributed by atoms with van der Waals surface area (Å²) in [5, 5.41) is 3.28. The maximum atomic E-state index is 13.4. The van der Waals surface area contributed by atoms with Gasteiger partial charge in [0.2, 0.25) is 0 Å². The number of nitrogens with zero attached hydrogens (tertiary/aromatic N) is 1. The molecular weight excluding hydrogens is 443 g/mol. The average Bonchev–Trinajstić information content (AvgIpc) is 3.11. The van der Waals surface area contributed by atoms with E-state index < -0.39 is 0 Å². The molecule has 1 aliphatic rings. The normalized spacial score (nSPS) is 15.5. The fraction of sp³-hybridized carbons (Fsp3) is 0.0800. The number of halogens is 2. The lowest BCUT2D eigenvalue weighted by atomic mass is 9.80. The molecule has 0 fully saturated rings. The lowest BCUT2D eigenvalue weighted by molar-refractivity contribution is 0.627. The van der Waals surface area contributed by atoms with Crippen molar-refractivity contribution in [1.82, 2.24) is 9.78 Å². The highest BCUT2D eigenvalue weighted by atomic mass is 79.9. The van der Waals surface area contributed by atoms with Crippen LogP contribution >= 0.6 is 15.9 Å². The Labute approximate surface area is 181 Å². The van der Waals surface area contributed by atoms with Crippen LogP contribution in [0.2, 0.25) is 0 Å². The molecule has 0 amide bonds. The molecule has 0 saturated carbocycles. The maximum Gasteiger partial charge on any atom is 0.275 e. The number of aromatic amines is 1. The minimum Gasteiger partial charge on any atom is -0.291 e. The monoisotopic (exact) mass is 460 g/mol. The summed E-state index contributed by atoms with van der Waals surface area (Å²) in [6, 6.07) is 24.2. The van der Waals surface area contributed by atoms with Gasteiger partial charge in [0.05, 0.1) is 16.9 Å². The first-order chi connectivity index (χ1) is 14.6. The molecule has 5 rings (SSSR count). The van der Waals surface area contributed by atoms with Gasteiger partial charge in [-0.25, -0.2) is 9.07 Å². The Morgan fingerprint density at radius 1 is 0.933 bits per heavy atom. The van der Waals surface area contributed by atoms with Gasteiger partial charge in [-0.3, -0.25) is 9.89 Å². The largest absolute Gasteiger partial charge is 0.291 e. The van der Waals surface area contributed by atoms with Gasteiger partial charge in [-0.2, -0.15) is 0 Å². The number of para-hydroxylation sites is 1. The minimum atomic E-state index is -0.260. The van der Waals surface area contributed by atoms with Gasteiger partial charge in [-0.15, -0.1) is 0 Å². The second-order valence-electron chi connectivity index (χ2n) is 7.40. The lowest BCUT2D eigenvalue weighted by Gasteiger charge is -2.23. The first-order valence-electron chi connectivity index (χ1n) is 9.72. The molecule has 148 valence electrons. The molecule has 0 bridgehead atoms. The van der Waals surface area contributed by atoms with E-state index in [1.807, 2.05) is 60.7 Å². The van der Waals surface area contributed by atoms with Crippen LogP contribution < -0.4 is 5.56 Å². The van der Waals surface area contributed by atoms with Crippen LogP contribution in [-0.4, -0.2) is 9.78 Å². The summed E-state index contributed by atoms with van der Waals surface area (Å²) in [6.07, 6.45) is 2.68. The van der Waals surface area contributed by atoms with Crippen molar-refractivity contribution in [1.29, 1.82) is 0 Å². The quantitative estimate of drug-likeness (QED) is 0.391. The van der Waals surface area contributed by atoms with Gasteiger partial charge < -0.3 is 0 Å².